The molecule has 1 fully saturated rings. The predicted molar refractivity (Wildman–Crippen MR) is 81.8 cm³/mol. The second-order valence-electron chi connectivity index (χ2n) is 5.81. The monoisotopic (exact) mass is 274 g/mol. The van der Waals surface area contributed by atoms with E-state index in [4.69, 9.17) is 5.73 Å². The molecule has 0 aromatic heterocycles. The molecule has 0 radical (unpaired) electrons. The zero-order valence-corrected chi connectivity index (χ0v) is 12.3. The van der Waals surface area contributed by atoms with E-state index in [2.05, 4.69) is 21.7 Å². The minimum Gasteiger partial charge on any atom is -0.370 e. The summed E-state index contributed by atoms with van der Waals surface area (Å²) in [5.41, 5.74) is 8.92. The van der Waals surface area contributed by atoms with E-state index in [1.54, 1.807) is 0 Å². The standard InChI is InChI=1S/C15H22N4O/c1-10-6-11(2)8-12(7-10)18-14(16)17-9-15(3)5-4-13(20)19-15/h6-8H,4-5,9H2,1-3H3,(H,19,20)(H3,16,17,18). The van der Waals surface area contributed by atoms with Gasteiger partial charge in [0.2, 0.25) is 5.91 Å². The molecular formula is C15H22N4O. The van der Waals surface area contributed by atoms with Crippen LogP contribution in [0.4, 0.5) is 5.69 Å². The van der Waals surface area contributed by atoms with Crippen LogP contribution in [0.1, 0.15) is 30.9 Å². The number of nitrogens with two attached hydrogens (primary N) is 1. The van der Waals surface area contributed by atoms with Crippen molar-refractivity contribution in [3.05, 3.63) is 29.3 Å². The van der Waals surface area contributed by atoms with Crippen molar-refractivity contribution in [2.24, 2.45) is 10.7 Å². The smallest absolute Gasteiger partial charge is 0.220 e. The van der Waals surface area contributed by atoms with E-state index in [0.29, 0.717) is 18.9 Å². The molecule has 20 heavy (non-hydrogen) atoms. The van der Waals surface area contributed by atoms with Gasteiger partial charge in [0.25, 0.3) is 0 Å². The van der Waals surface area contributed by atoms with Crippen molar-refractivity contribution in [3.63, 3.8) is 0 Å². The molecule has 1 heterocycles. The fourth-order valence-corrected chi connectivity index (χ4v) is 2.46. The molecule has 0 aliphatic carbocycles. The maximum atomic E-state index is 11.3. The van der Waals surface area contributed by atoms with Gasteiger partial charge in [-0.3, -0.25) is 9.79 Å². The van der Waals surface area contributed by atoms with Crippen molar-refractivity contribution < 1.29 is 4.79 Å². The quantitative estimate of drug-likeness (QED) is 0.580. The highest BCUT2D eigenvalue weighted by Gasteiger charge is 2.32. The van der Waals surface area contributed by atoms with Gasteiger partial charge in [-0.15, -0.1) is 0 Å². The maximum absolute atomic E-state index is 11.3. The number of nitrogens with one attached hydrogen (secondary N) is 2. The van der Waals surface area contributed by atoms with Crippen LogP contribution < -0.4 is 16.4 Å². The number of guanidine groups is 1. The van der Waals surface area contributed by atoms with Crippen LogP contribution in [0.5, 0.6) is 0 Å². The number of hydrogen-bond donors (Lipinski definition) is 3. The van der Waals surface area contributed by atoms with Gasteiger partial charge in [0.05, 0.1) is 12.1 Å². The summed E-state index contributed by atoms with van der Waals surface area (Å²) in [6.07, 6.45) is 1.36. The first-order valence-corrected chi connectivity index (χ1v) is 6.83. The Balaban J connectivity index is 1.99. The van der Waals surface area contributed by atoms with E-state index in [-0.39, 0.29) is 11.4 Å². The first-order chi connectivity index (χ1) is 9.36. The number of nitrogens with zero attached hydrogens (tertiary/aromatic N) is 1. The Hall–Kier alpha value is -2.04. The zero-order chi connectivity index (χ0) is 14.8. The Morgan fingerprint density at radius 1 is 1.40 bits per heavy atom. The summed E-state index contributed by atoms with van der Waals surface area (Å²) < 4.78 is 0. The molecule has 1 aromatic carbocycles. The Morgan fingerprint density at radius 3 is 2.60 bits per heavy atom. The minimum absolute atomic E-state index is 0.0866. The van der Waals surface area contributed by atoms with Crippen LogP contribution >= 0.6 is 0 Å². The molecule has 1 unspecified atom stereocenters. The first kappa shape index (κ1) is 14.4. The molecule has 1 aliphatic heterocycles. The molecule has 0 spiro atoms. The first-order valence-electron chi connectivity index (χ1n) is 6.83. The molecule has 5 nitrogen and oxygen atoms in total. The summed E-state index contributed by atoms with van der Waals surface area (Å²) in [6, 6.07) is 6.15. The van der Waals surface area contributed by atoms with Gasteiger partial charge < -0.3 is 16.4 Å². The fourth-order valence-electron chi connectivity index (χ4n) is 2.46. The van der Waals surface area contributed by atoms with Crippen molar-refractivity contribution in [2.75, 3.05) is 11.9 Å². The fraction of sp³-hybridized carbons (Fsp3) is 0.467. The summed E-state index contributed by atoms with van der Waals surface area (Å²) in [4.78, 5) is 15.6. The Morgan fingerprint density at radius 2 is 2.05 bits per heavy atom. The average Bonchev–Trinajstić information content (AvgIpc) is 2.66. The third kappa shape index (κ3) is 3.73. The molecule has 1 amide bonds. The van der Waals surface area contributed by atoms with E-state index in [1.807, 2.05) is 32.9 Å². The van der Waals surface area contributed by atoms with Crippen molar-refractivity contribution in [3.8, 4) is 0 Å². The molecule has 108 valence electrons. The highest BCUT2D eigenvalue weighted by molar-refractivity contribution is 5.92. The lowest BCUT2D eigenvalue weighted by Crippen LogP contribution is -2.42. The van der Waals surface area contributed by atoms with Crippen LogP contribution in [-0.2, 0) is 4.79 Å². The van der Waals surface area contributed by atoms with Gasteiger partial charge in [-0.2, -0.15) is 0 Å². The summed E-state index contributed by atoms with van der Waals surface area (Å²) in [6.45, 7) is 6.56. The number of carbonyl (C=O) groups is 1. The van der Waals surface area contributed by atoms with E-state index in [0.717, 1.165) is 12.1 Å². The Bertz CT molecular complexity index is 533. The van der Waals surface area contributed by atoms with Gasteiger partial charge >= 0.3 is 0 Å². The molecule has 5 heteroatoms. The summed E-state index contributed by atoms with van der Waals surface area (Å²) in [7, 11) is 0. The molecule has 0 bridgehead atoms. The summed E-state index contributed by atoms with van der Waals surface area (Å²) >= 11 is 0. The number of benzene rings is 1. The Labute approximate surface area is 119 Å². The number of amides is 1. The van der Waals surface area contributed by atoms with Gasteiger partial charge in [0.15, 0.2) is 5.96 Å². The van der Waals surface area contributed by atoms with Gasteiger partial charge in [-0.05, 0) is 50.5 Å². The summed E-state index contributed by atoms with van der Waals surface area (Å²) in [5.74, 6) is 0.459. The normalized spacial score (nSPS) is 22.8. The van der Waals surface area contributed by atoms with E-state index in [1.165, 1.54) is 11.1 Å². The Kier molecular flexibility index (Phi) is 3.97. The lowest BCUT2D eigenvalue weighted by Gasteiger charge is -2.21. The van der Waals surface area contributed by atoms with Crippen LogP contribution in [0.3, 0.4) is 0 Å². The topological polar surface area (TPSA) is 79.5 Å². The molecule has 2 rings (SSSR count). The average molecular weight is 274 g/mol. The number of rotatable bonds is 3. The van der Waals surface area contributed by atoms with Crippen LogP contribution in [0.2, 0.25) is 0 Å². The van der Waals surface area contributed by atoms with E-state index in [9.17, 15) is 4.79 Å². The molecule has 1 atom stereocenters. The van der Waals surface area contributed by atoms with Crippen molar-refractivity contribution >= 4 is 17.6 Å². The highest BCUT2D eigenvalue weighted by atomic mass is 16.2. The maximum Gasteiger partial charge on any atom is 0.220 e. The lowest BCUT2D eigenvalue weighted by atomic mass is 10.0. The van der Waals surface area contributed by atoms with Crippen LogP contribution in [0.25, 0.3) is 0 Å². The van der Waals surface area contributed by atoms with Gasteiger partial charge in [-0.25, -0.2) is 0 Å². The second-order valence-corrected chi connectivity index (χ2v) is 5.81. The van der Waals surface area contributed by atoms with Crippen LogP contribution in [0, 0.1) is 13.8 Å². The van der Waals surface area contributed by atoms with Gasteiger partial charge in [0, 0.05) is 12.1 Å². The lowest BCUT2D eigenvalue weighted by molar-refractivity contribution is -0.119. The van der Waals surface area contributed by atoms with Gasteiger partial charge in [-0.1, -0.05) is 6.07 Å². The van der Waals surface area contributed by atoms with Crippen LogP contribution in [-0.4, -0.2) is 24.0 Å². The van der Waals surface area contributed by atoms with Crippen molar-refractivity contribution in [2.45, 2.75) is 39.2 Å². The van der Waals surface area contributed by atoms with Crippen molar-refractivity contribution in [1.29, 1.82) is 0 Å². The summed E-state index contributed by atoms with van der Waals surface area (Å²) in [5, 5.41) is 6.03. The molecule has 0 saturated carbocycles. The van der Waals surface area contributed by atoms with Gasteiger partial charge in [0.1, 0.15) is 0 Å². The number of aryl methyl sites for hydroxylation is 2. The molecule has 1 aromatic rings. The number of hydrogen-bond acceptors (Lipinski definition) is 2. The third-order valence-corrected chi connectivity index (χ3v) is 3.44. The molecule has 1 saturated heterocycles. The third-order valence-electron chi connectivity index (χ3n) is 3.44. The minimum atomic E-state index is -0.272. The van der Waals surface area contributed by atoms with E-state index >= 15 is 0 Å². The zero-order valence-electron chi connectivity index (χ0n) is 12.3. The highest BCUT2D eigenvalue weighted by Crippen LogP contribution is 2.19. The largest absolute Gasteiger partial charge is 0.370 e. The number of anilines is 1. The number of aliphatic imine (C=N–C) groups is 1. The molecule has 1 aliphatic rings. The van der Waals surface area contributed by atoms with Crippen LogP contribution in [0.15, 0.2) is 23.2 Å². The van der Waals surface area contributed by atoms with Crippen molar-refractivity contribution in [1.82, 2.24) is 5.32 Å². The molecule has 4 N–H and O–H groups in total. The second kappa shape index (κ2) is 5.53. The predicted octanol–water partition coefficient (Wildman–Crippen LogP) is 1.70. The molecular weight excluding hydrogens is 252 g/mol. The SMILES string of the molecule is Cc1cc(C)cc(NC(N)=NCC2(C)CCC(=O)N2)c1. The number of carbonyl (C=O) groups excluding carboxylic acids is 1. The van der Waals surface area contributed by atoms with E-state index < -0.39 is 0 Å².